The smallest absolute Gasteiger partial charge is 0.254 e. The van der Waals surface area contributed by atoms with Gasteiger partial charge in [-0.3, -0.25) is 14.6 Å². The van der Waals surface area contributed by atoms with Crippen LogP contribution in [0, 0.1) is 6.92 Å². The van der Waals surface area contributed by atoms with Crippen LogP contribution in [0.1, 0.15) is 29.5 Å². The van der Waals surface area contributed by atoms with Crippen molar-refractivity contribution in [3.05, 3.63) is 69.6 Å². The summed E-state index contributed by atoms with van der Waals surface area (Å²) in [6, 6.07) is 10.9. The molecular weight excluding hydrogens is 370 g/mol. The summed E-state index contributed by atoms with van der Waals surface area (Å²) in [5, 5.41) is 2.64. The fraction of sp³-hybridized carbons (Fsp3) is 0.333. The Balaban J connectivity index is 2.02. The Labute approximate surface area is 169 Å². The fourth-order valence-corrected chi connectivity index (χ4v) is 3.02. The fourth-order valence-electron chi connectivity index (χ4n) is 3.02. The number of carbonyl (C=O) groups excluding carboxylic acids is 2. The topological polar surface area (TPSA) is 133 Å². The van der Waals surface area contributed by atoms with Crippen LogP contribution in [0.2, 0.25) is 0 Å². The Morgan fingerprint density at radius 2 is 2.00 bits per heavy atom. The SMILES string of the molecule is Cc1cc(Cc2ccccc2)c(=O)n(CC(=O)N[C@H](C=O)CCCN=C(N)N)c1. The first kappa shape index (κ1) is 21.9. The van der Waals surface area contributed by atoms with E-state index in [1.165, 1.54) is 4.57 Å². The lowest BCUT2D eigenvalue weighted by Gasteiger charge is -2.14. The highest BCUT2D eigenvalue weighted by Gasteiger charge is 2.14. The maximum Gasteiger partial charge on any atom is 0.254 e. The third-order valence-electron chi connectivity index (χ3n) is 4.33. The number of carbonyl (C=O) groups is 2. The molecule has 0 spiro atoms. The van der Waals surface area contributed by atoms with Gasteiger partial charge in [-0.15, -0.1) is 0 Å². The molecule has 0 bridgehead atoms. The highest BCUT2D eigenvalue weighted by molar-refractivity contribution is 5.79. The van der Waals surface area contributed by atoms with Gasteiger partial charge in [-0.25, -0.2) is 0 Å². The summed E-state index contributed by atoms with van der Waals surface area (Å²) in [6.07, 6.45) is 3.77. The molecule has 0 aliphatic carbocycles. The van der Waals surface area contributed by atoms with Gasteiger partial charge in [-0.05, 0) is 37.0 Å². The molecule has 2 rings (SSSR count). The van der Waals surface area contributed by atoms with Crippen molar-refractivity contribution in [3.8, 4) is 0 Å². The molecule has 1 amide bonds. The number of aliphatic imine (C=N–C) groups is 1. The lowest BCUT2D eigenvalue weighted by molar-refractivity contribution is -0.124. The molecule has 154 valence electrons. The molecule has 29 heavy (non-hydrogen) atoms. The second-order valence-corrected chi connectivity index (χ2v) is 6.90. The number of nitrogens with two attached hydrogens (primary N) is 2. The number of nitrogens with zero attached hydrogens (tertiary/aromatic N) is 2. The molecule has 5 N–H and O–H groups in total. The summed E-state index contributed by atoms with van der Waals surface area (Å²) >= 11 is 0. The number of benzene rings is 1. The third kappa shape index (κ3) is 7.25. The van der Waals surface area contributed by atoms with Crippen molar-refractivity contribution in [1.29, 1.82) is 0 Å². The lowest BCUT2D eigenvalue weighted by atomic mass is 10.1. The van der Waals surface area contributed by atoms with Crippen molar-refractivity contribution in [2.75, 3.05) is 6.54 Å². The number of guanidine groups is 1. The molecule has 2 aromatic rings. The van der Waals surface area contributed by atoms with E-state index >= 15 is 0 Å². The molecule has 8 heteroatoms. The van der Waals surface area contributed by atoms with Gasteiger partial charge in [0.05, 0.1) is 6.04 Å². The molecule has 1 aromatic carbocycles. The first-order chi connectivity index (χ1) is 13.9. The van der Waals surface area contributed by atoms with Crippen LogP contribution in [0.15, 0.2) is 52.4 Å². The van der Waals surface area contributed by atoms with Crippen LogP contribution < -0.4 is 22.3 Å². The first-order valence-corrected chi connectivity index (χ1v) is 9.43. The predicted molar refractivity (Wildman–Crippen MR) is 113 cm³/mol. The highest BCUT2D eigenvalue weighted by atomic mass is 16.2. The summed E-state index contributed by atoms with van der Waals surface area (Å²) in [4.78, 5) is 40.2. The summed E-state index contributed by atoms with van der Waals surface area (Å²) in [7, 11) is 0. The van der Waals surface area contributed by atoms with E-state index in [0.717, 1.165) is 11.1 Å². The van der Waals surface area contributed by atoms with Crippen molar-refractivity contribution < 1.29 is 9.59 Å². The van der Waals surface area contributed by atoms with Crippen LogP contribution >= 0.6 is 0 Å². The monoisotopic (exact) mass is 397 g/mol. The molecule has 1 heterocycles. The summed E-state index contributed by atoms with van der Waals surface area (Å²) < 4.78 is 1.38. The van der Waals surface area contributed by atoms with Crippen molar-refractivity contribution in [3.63, 3.8) is 0 Å². The van der Waals surface area contributed by atoms with Crippen LogP contribution in [-0.2, 0) is 22.6 Å². The van der Waals surface area contributed by atoms with E-state index in [2.05, 4.69) is 10.3 Å². The van der Waals surface area contributed by atoms with E-state index < -0.39 is 11.9 Å². The zero-order chi connectivity index (χ0) is 21.2. The number of rotatable bonds is 10. The first-order valence-electron chi connectivity index (χ1n) is 9.43. The molecule has 8 nitrogen and oxygen atoms in total. The number of amides is 1. The van der Waals surface area contributed by atoms with Crippen molar-refractivity contribution in [2.45, 2.75) is 38.8 Å². The molecule has 0 aliphatic heterocycles. The van der Waals surface area contributed by atoms with Crippen molar-refractivity contribution in [2.24, 2.45) is 16.5 Å². The average molecular weight is 397 g/mol. The highest BCUT2D eigenvalue weighted by Crippen LogP contribution is 2.08. The zero-order valence-electron chi connectivity index (χ0n) is 16.5. The average Bonchev–Trinajstić information content (AvgIpc) is 2.68. The van der Waals surface area contributed by atoms with Crippen LogP contribution in [0.25, 0.3) is 0 Å². The van der Waals surface area contributed by atoms with Gasteiger partial charge in [-0.2, -0.15) is 0 Å². The van der Waals surface area contributed by atoms with E-state index in [9.17, 15) is 14.4 Å². The molecule has 1 atom stereocenters. The molecule has 0 saturated heterocycles. The minimum Gasteiger partial charge on any atom is -0.370 e. The normalized spacial score (nSPS) is 11.5. The van der Waals surface area contributed by atoms with Gasteiger partial charge in [0, 0.05) is 24.7 Å². The molecule has 0 fully saturated rings. The second-order valence-electron chi connectivity index (χ2n) is 6.90. The van der Waals surface area contributed by atoms with Gasteiger partial charge in [0.25, 0.3) is 5.56 Å². The number of pyridine rings is 1. The van der Waals surface area contributed by atoms with Gasteiger partial charge < -0.3 is 26.1 Å². The third-order valence-corrected chi connectivity index (χ3v) is 4.33. The number of hydrogen-bond acceptors (Lipinski definition) is 4. The molecular formula is C21H27N5O3. The van der Waals surface area contributed by atoms with E-state index in [4.69, 9.17) is 11.5 Å². The standard InChI is InChI=1S/C21H27N5O3/c1-15-10-17(11-16-6-3-2-4-7-16)20(29)26(12-15)13-19(28)25-18(14-27)8-5-9-24-21(22)23/h2-4,6-7,10,12,14,18H,5,8-9,11,13H2,1H3,(H,25,28)(H4,22,23,24)/t18-/m0/s1. The molecule has 0 aliphatic rings. The number of hydrogen-bond donors (Lipinski definition) is 3. The van der Waals surface area contributed by atoms with Gasteiger partial charge >= 0.3 is 0 Å². The number of nitrogens with one attached hydrogen (secondary N) is 1. The Morgan fingerprint density at radius 1 is 1.28 bits per heavy atom. The van der Waals surface area contributed by atoms with E-state index in [0.29, 0.717) is 37.7 Å². The number of aryl methyl sites for hydroxylation is 1. The summed E-state index contributed by atoms with van der Waals surface area (Å²) in [6.45, 7) is 2.10. The molecule has 0 saturated carbocycles. The summed E-state index contributed by atoms with van der Waals surface area (Å²) in [5.74, 6) is -0.413. The Hall–Kier alpha value is -3.42. The van der Waals surface area contributed by atoms with Crippen LogP contribution in [0.3, 0.4) is 0 Å². The Morgan fingerprint density at radius 3 is 2.66 bits per heavy atom. The quantitative estimate of drug-likeness (QED) is 0.232. The van der Waals surface area contributed by atoms with Gasteiger partial charge in [0.15, 0.2) is 5.96 Å². The second kappa shape index (κ2) is 10.8. The maximum absolute atomic E-state index is 12.8. The minimum atomic E-state index is -0.652. The van der Waals surface area contributed by atoms with Crippen LogP contribution in [0.4, 0.5) is 0 Å². The Bertz CT molecular complexity index is 918. The Kier molecular flexibility index (Phi) is 8.14. The summed E-state index contributed by atoms with van der Waals surface area (Å²) in [5.41, 5.74) is 12.8. The van der Waals surface area contributed by atoms with Gasteiger partial charge in [0.2, 0.25) is 5.91 Å². The number of aldehydes is 1. The minimum absolute atomic E-state index is 0.0122. The van der Waals surface area contributed by atoms with Crippen LogP contribution in [-0.4, -0.2) is 35.3 Å². The van der Waals surface area contributed by atoms with Crippen molar-refractivity contribution >= 4 is 18.2 Å². The van der Waals surface area contributed by atoms with Gasteiger partial charge in [0.1, 0.15) is 12.8 Å². The van der Waals surface area contributed by atoms with E-state index in [1.54, 1.807) is 6.20 Å². The van der Waals surface area contributed by atoms with E-state index in [1.807, 2.05) is 43.3 Å². The largest absolute Gasteiger partial charge is 0.370 e. The zero-order valence-corrected chi connectivity index (χ0v) is 16.5. The lowest BCUT2D eigenvalue weighted by Crippen LogP contribution is -2.40. The van der Waals surface area contributed by atoms with E-state index in [-0.39, 0.29) is 18.1 Å². The predicted octanol–water partition coefficient (Wildman–Crippen LogP) is 0.485. The molecule has 0 radical (unpaired) electrons. The number of aromatic nitrogens is 1. The molecule has 1 aromatic heterocycles. The molecule has 0 unspecified atom stereocenters. The van der Waals surface area contributed by atoms with Crippen LogP contribution in [0.5, 0.6) is 0 Å². The maximum atomic E-state index is 12.8. The van der Waals surface area contributed by atoms with Gasteiger partial charge in [-0.1, -0.05) is 30.3 Å². The van der Waals surface area contributed by atoms with Crippen molar-refractivity contribution in [1.82, 2.24) is 9.88 Å².